The number of hydrogen-bond acceptors (Lipinski definition) is 6. The molecule has 1 aromatic carbocycles. The molecule has 1 amide bonds. The minimum absolute atomic E-state index is 0.0834. The molecule has 0 aromatic heterocycles. The van der Waals surface area contributed by atoms with Gasteiger partial charge in [0.15, 0.2) is 0 Å². The van der Waals surface area contributed by atoms with Crippen molar-refractivity contribution in [3.05, 3.63) is 33.9 Å². The lowest BCUT2D eigenvalue weighted by molar-refractivity contribution is -0.384. The van der Waals surface area contributed by atoms with Gasteiger partial charge in [0.1, 0.15) is 5.69 Å². The normalized spacial score (nSPS) is 17.9. The Morgan fingerprint density at radius 2 is 1.92 bits per heavy atom. The summed E-state index contributed by atoms with van der Waals surface area (Å²) in [6, 6.07) is 4.77. The van der Waals surface area contributed by atoms with Crippen LogP contribution >= 0.6 is 0 Å². The summed E-state index contributed by atoms with van der Waals surface area (Å²) in [6.07, 6.45) is 3.10. The first-order chi connectivity index (χ1) is 12.0. The fourth-order valence-electron chi connectivity index (χ4n) is 3.10. The molecule has 0 unspecified atom stereocenters. The van der Waals surface area contributed by atoms with E-state index in [1.54, 1.807) is 12.1 Å². The number of amides is 1. The zero-order valence-corrected chi connectivity index (χ0v) is 14.1. The molecule has 3 rings (SSSR count). The minimum Gasteiger partial charge on any atom is -0.469 e. The van der Waals surface area contributed by atoms with E-state index in [4.69, 9.17) is 4.74 Å². The number of anilines is 1. The van der Waals surface area contributed by atoms with Gasteiger partial charge in [0.05, 0.1) is 18.0 Å². The van der Waals surface area contributed by atoms with E-state index < -0.39 is 4.92 Å². The second kappa shape index (κ2) is 7.08. The lowest BCUT2D eigenvalue weighted by Gasteiger charge is -2.32. The third-order valence-corrected chi connectivity index (χ3v) is 4.72. The fraction of sp³-hybridized carbons (Fsp3) is 0.529. The van der Waals surface area contributed by atoms with Gasteiger partial charge in [-0.2, -0.15) is 0 Å². The summed E-state index contributed by atoms with van der Waals surface area (Å²) in [7, 11) is 1.37. The van der Waals surface area contributed by atoms with Gasteiger partial charge in [-0.1, -0.05) is 0 Å². The summed E-state index contributed by atoms with van der Waals surface area (Å²) < 4.78 is 4.76. The number of carbonyl (C=O) groups is 2. The number of nitrogens with zero attached hydrogens (tertiary/aromatic N) is 2. The van der Waals surface area contributed by atoms with Crippen molar-refractivity contribution in [1.82, 2.24) is 5.32 Å². The first-order valence-electron chi connectivity index (χ1n) is 8.41. The van der Waals surface area contributed by atoms with Crippen LogP contribution in [0.4, 0.5) is 11.4 Å². The van der Waals surface area contributed by atoms with Crippen LogP contribution in [-0.4, -0.2) is 43.0 Å². The van der Waals surface area contributed by atoms with E-state index in [1.807, 2.05) is 4.90 Å². The van der Waals surface area contributed by atoms with Gasteiger partial charge >= 0.3 is 5.97 Å². The number of methoxy groups -OCH3 is 1. The van der Waals surface area contributed by atoms with Gasteiger partial charge in [0.25, 0.3) is 11.6 Å². The first-order valence-corrected chi connectivity index (χ1v) is 8.41. The smallest absolute Gasteiger partial charge is 0.308 e. The largest absolute Gasteiger partial charge is 0.469 e. The molecule has 1 aromatic rings. The van der Waals surface area contributed by atoms with Gasteiger partial charge in [0, 0.05) is 30.8 Å². The zero-order chi connectivity index (χ0) is 18.0. The van der Waals surface area contributed by atoms with E-state index in [0.717, 1.165) is 12.8 Å². The molecule has 0 spiro atoms. The maximum atomic E-state index is 12.1. The van der Waals surface area contributed by atoms with Crippen molar-refractivity contribution in [2.75, 3.05) is 25.1 Å². The number of hydrogen-bond donors (Lipinski definition) is 1. The first kappa shape index (κ1) is 17.2. The van der Waals surface area contributed by atoms with E-state index in [2.05, 4.69) is 5.32 Å². The van der Waals surface area contributed by atoms with Crippen LogP contribution in [-0.2, 0) is 9.53 Å². The monoisotopic (exact) mass is 347 g/mol. The van der Waals surface area contributed by atoms with E-state index in [9.17, 15) is 19.7 Å². The fourth-order valence-corrected chi connectivity index (χ4v) is 3.10. The Bertz CT molecular complexity index is 694. The molecule has 1 heterocycles. The molecule has 0 atom stereocenters. The summed E-state index contributed by atoms with van der Waals surface area (Å²) in [4.78, 5) is 36.6. The van der Waals surface area contributed by atoms with Crippen LogP contribution in [0.15, 0.2) is 18.2 Å². The summed E-state index contributed by atoms with van der Waals surface area (Å²) in [5, 5.41) is 14.3. The molecule has 0 bridgehead atoms. The van der Waals surface area contributed by atoms with Crippen molar-refractivity contribution in [2.45, 2.75) is 31.7 Å². The third-order valence-electron chi connectivity index (χ3n) is 4.72. The number of nitro benzene ring substituents is 1. The second-order valence-electron chi connectivity index (χ2n) is 6.49. The van der Waals surface area contributed by atoms with Crippen LogP contribution in [0.2, 0.25) is 0 Å². The number of rotatable bonds is 5. The number of nitro groups is 1. The van der Waals surface area contributed by atoms with Crippen LogP contribution in [0.25, 0.3) is 0 Å². The van der Waals surface area contributed by atoms with Crippen molar-refractivity contribution in [3.63, 3.8) is 0 Å². The molecule has 1 saturated heterocycles. The van der Waals surface area contributed by atoms with Crippen molar-refractivity contribution < 1.29 is 19.2 Å². The Hall–Kier alpha value is -2.64. The number of ether oxygens (including phenoxy) is 1. The molecule has 0 radical (unpaired) electrons. The molecule has 2 aliphatic rings. The molecule has 134 valence electrons. The topological polar surface area (TPSA) is 102 Å². The summed E-state index contributed by atoms with van der Waals surface area (Å²) in [5.41, 5.74) is 0.697. The Balaban J connectivity index is 1.75. The molecule has 1 aliphatic carbocycles. The van der Waals surface area contributed by atoms with Gasteiger partial charge in [-0.25, -0.2) is 0 Å². The van der Waals surface area contributed by atoms with Gasteiger partial charge in [-0.3, -0.25) is 19.7 Å². The lowest BCUT2D eigenvalue weighted by Crippen LogP contribution is -2.37. The van der Waals surface area contributed by atoms with Crippen molar-refractivity contribution in [2.24, 2.45) is 5.92 Å². The van der Waals surface area contributed by atoms with E-state index in [1.165, 1.54) is 13.2 Å². The molecule has 1 aliphatic heterocycles. The van der Waals surface area contributed by atoms with Crippen LogP contribution in [0, 0.1) is 16.0 Å². The predicted octanol–water partition coefficient (Wildman–Crippen LogP) is 1.88. The predicted molar refractivity (Wildman–Crippen MR) is 90.5 cm³/mol. The number of carbonyl (C=O) groups excluding carboxylic acids is 2. The van der Waals surface area contributed by atoms with E-state index >= 15 is 0 Å². The lowest BCUT2D eigenvalue weighted by atomic mass is 9.96. The van der Waals surface area contributed by atoms with Gasteiger partial charge in [0.2, 0.25) is 0 Å². The zero-order valence-electron chi connectivity index (χ0n) is 14.1. The van der Waals surface area contributed by atoms with Crippen molar-refractivity contribution in [1.29, 1.82) is 0 Å². The molecule has 8 nitrogen and oxygen atoms in total. The maximum Gasteiger partial charge on any atom is 0.308 e. The van der Waals surface area contributed by atoms with Crippen LogP contribution in [0.3, 0.4) is 0 Å². The number of piperidine rings is 1. The highest BCUT2D eigenvalue weighted by Gasteiger charge is 2.30. The summed E-state index contributed by atoms with van der Waals surface area (Å²) in [5.74, 6) is -0.674. The molecular weight excluding hydrogens is 326 g/mol. The highest BCUT2D eigenvalue weighted by molar-refractivity contribution is 5.96. The van der Waals surface area contributed by atoms with Crippen LogP contribution in [0.5, 0.6) is 0 Å². The Morgan fingerprint density at radius 3 is 2.48 bits per heavy atom. The van der Waals surface area contributed by atoms with Crippen molar-refractivity contribution in [3.8, 4) is 0 Å². The van der Waals surface area contributed by atoms with Gasteiger partial charge < -0.3 is 15.0 Å². The quantitative estimate of drug-likeness (QED) is 0.496. The number of esters is 1. The Labute approximate surface area is 145 Å². The third kappa shape index (κ3) is 3.89. The highest BCUT2D eigenvalue weighted by Crippen LogP contribution is 2.33. The van der Waals surface area contributed by atoms with Gasteiger partial charge in [-0.15, -0.1) is 0 Å². The number of benzene rings is 1. The summed E-state index contributed by atoms with van der Waals surface area (Å²) in [6.45, 7) is 1.07. The Kier molecular flexibility index (Phi) is 4.87. The molecule has 8 heteroatoms. The van der Waals surface area contributed by atoms with E-state index in [0.29, 0.717) is 37.2 Å². The highest BCUT2D eigenvalue weighted by atomic mass is 16.6. The SMILES string of the molecule is COC(=O)C1CCN(c2ccc(C(=O)NC3CC3)cc2[N+](=O)[O-])CC1. The average molecular weight is 347 g/mol. The molecule has 2 fully saturated rings. The molecule has 1 saturated carbocycles. The molecular formula is C17H21N3O5. The Morgan fingerprint density at radius 1 is 1.24 bits per heavy atom. The average Bonchev–Trinajstić information content (AvgIpc) is 3.44. The standard InChI is InChI=1S/C17H21N3O5/c1-25-17(22)11-6-8-19(9-7-11)14-5-2-12(10-15(14)20(23)24)16(21)18-13-3-4-13/h2,5,10-11,13H,3-4,6-9H2,1H3,(H,18,21). The molecule has 1 N–H and O–H groups in total. The van der Waals surface area contributed by atoms with Crippen LogP contribution < -0.4 is 10.2 Å². The second-order valence-corrected chi connectivity index (χ2v) is 6.49. The van der Waals surface area contributed by atoms with Crippen LogP contribution in [0.1, 0.15) is 36.0 Å². The number of nitrogens with one attached hydrogen (secondary N) is 1. The maximum absolute atomic E-state index is 12.1. The molecule has 25 heavy (non-hydrogen) atoms. The van der Waals surface area contributed by atoms with Crippen molar-refractivity contribution >= 4 is 23.3 Å². The van der Waals surface area contributed by atoms with Gasteiger partial charge in [-0.05, 0) is 37.8 Å². The summed E-state index contributed by atoms with van der Waals surface area (Å²) >= 11 is 0. The van der Waals surface area contributed by atoms with E-state index in [-0.39, 0.29) is 29.5 Å². The minimum atomic E-state index is -0.463.